The maximum atomic E-state index is 13.3. The zero-order chi connectivity index (χ0) is 20.5. The van der Waals surface area contributed by atoms with Gasteiger partial charge in [-0.15, -0.1) is 0 Å². The molecule has 1 aliphatic rings. The highest BCUT2D eigenvalue weighted by Gasteiger charge is 2.34. The number of nitrogens with one attached hydrogen (secondary N) is 1. The highest BCUT2D eigenvalue weighted by atomic mass is 19.1. The number of aromatic nitrogens is 2. The van der Waals surface area contributed by atoms with Crippen LogP contribution in [0.4, 0.5) is 10.2 Å². The number of methoxy groups -OCH3 is 3. The van der Waals surface area contributed by atoms with Crippen molar-refractivity contribution >= 4 is 11.7 Å². The second-order valence-corrected chi connectivity index (χ2v) is 6.55. The topological polar surface area (TPSA) is 74.6 Å². The largest absolute Gasteiger partial charge is 0.493 e. The van der Waals surface area contributed by atoms with Crippen LogP contribution in [0.3, 0.4) is 0 Å². The quantitative estimate of drug-likeness (QED) is 0.713. The summed E-state index contributed by atoms with van der Waals surface area (Å²) in [6, 6.07) is 9.61. The maximum Gasteiger partial charge on any atom is 0.226 e. The Kier molecular flexibility index (Phi) is 4.84. The number of nitrogens with zero attached hydrogens (tertiary/aromatic N) is 2. The number of carbonyl (C=O) groups excluding carboxylic acids is 1. The molecule has 0 aliphatic carbocycles. The van der Waals surface area contributed by atoms with E-state index in [0.717, 1.165) is 5.56 Å². The normalized spacial score (nSPS) is 15.4. The summed E-state index contributed by atoms with van der Waals surface area (Å²) in [7, 11) is 4.63. The summed E-state index contributed by atoms with van der Waals surface area (Å²) in [5.74, 6) is 1.21. The van der Waals surface area contributed by atoms with Crippen LogP contribution in [0.5, 0.6) is 17.2 Å². The first-order valence-electron chi connectivity index (χ1n) is 8.99. The molecular weight excluding hydrogens is 377 g/mol. The van der Waals surface area contributed by atoms with E-state index in [0.29, 0.717) is 34.4 Å². The van der Waals surface area contributed by atoms with Crippen LogP contribution in [0.15, 0.2) is 42.7 Å². The molecule has 2 heterocycles. The van der Waals surface area contributed by atoms with Crippen LogP contribution in [0.1, 0.15) is 23.6 Å². The van der Waals surface area contributed by atoms with Gasteiger partial charge in [0.05, 0.1) is 27.0 Å². The molecule has 1 aromatic heterocycles. The number of hydrogen-bond acceptors (Lipinski definition) is 5. The van der Waals surface area contributed by atoms with E-state index in [1.165, 1.54) is 19.2 Å². The lowest BCUT2D eigenvalue weighted by Gasteiger charge is -2.25. The van der Waals surface area contributed by atoms with Crippen molar-refractivity contribution in [2.24, 2.45) is 0 Å². The summed E-state index contributed by atoms with van der Waals surface area (Å²) in [5.41, 5.74) is 2.16. The molecule has 4 rings (SSSR count). The number of amides is 1. The molecule has 8 heteroatoms. The Morgan fingerprint density at radius 1 is 1.03 bits per heavy atom. The maximum absolute atomic E-state index is 13.3. The van der Waals surface area contributed by atoms with Crippen molar-refractivity contribution < 1.29 is 23.4 Å². The van der Waals surface area contributed by atoms with Crippen molar-refractivity contribution in [1.29, 1.82) is 0 Å². The molecule has 2 aromatic carbocycles. The molecule has 0 saturated carbocycles. The minimum atomic E-state index is -0.338. The summed E-state index contributed by atoms with van der Waals surface area (Å²) in [6.07, 6.45) is 1.82. The van der Waals surface area contributed by atoms with Crippen molar-refractivity contribution in [2.75, 3.05) is 26.6 Å². The van der Waals surface area contributed by atoms with E-state index < -0.39 is 0 Å². The van der Waals surface area contributed by atoms with E-state index in [-0.39, 0.29) is 24.1 Å². The molecule has 1 N–H and O–H groups in total. The lowest BCUT2D eigenvalue weighted by molar-refractivity contribution is -0.116. The van der Waals surface area contributed by atoms with Crippen LogP contribution in [0.25, 0.3) is 5.69 Å². The predicted molar refractivity (Wildman–Crippen MR) is 105 cm³/mol. The van der Waals surface area contributed by atoms with Crippen LogP contribution >= 0.6 is 0 Å². The zero-order valence-corrected chi connectivity index (χ0v) is 16.2. The van der Waals surface area contributed by atoms with Crippen molar-refractivity contribution in [3.63, 3.8) is 0 Å². The Bertz CT molecular complexity index is 1060. The van der Waals surface area contributed by atoms with Gasteiger partial charge in [0.2, 0.25) is 11.7 Å². The first kappa shape index (κ1) is 18.8. The number of halogens is 1. The molecule has 1 amide bonds. The number of carbonyl (C=O) groups is 1. The molecule has 0 spiro atoms. The summed E-state index contributed by atoms with van der Waals surface area (Å²) in [4.78, 5) is 17.1. The van der Waals surface area contributed by atoms with E-state index in [9.17, 15) is 9.18 Å². The Morgan fingerprint density at radius 2 is 1.76 bits per heavy atom. The van der Waals surface area contributed by atoms with Crippen molar-refractivity contribution in [3.05, 3.63) is 59.8 Å². The molecule has 7 nitrogen and oxygen atoms in total. The van der Waals surface area contributed by atoms with Gasteiger partial charge in [-0.25, -0.2) is 9.37 Å². The Hall–Kier alpha value is -3.55. The van der Waals surface area contributed by atoms with Crippen LogP contribution in [-0.2, 0) is 4.79 Å². The fraction of sp³-hybridized carbons (Fsp3) is 0.238. The van der Waals surface area contributed by atoms with Crippen LogP contribution in [0.2, 0.25) is 0 Å². The second kappa shape index (κ2) is 7.46. The van der Waals surface area contributed by atoms with Gasteiger partial charge < -0.3 is 19.5 Å². The molecule has 150 valence electrons. The Labute approximate surface area is 167 Å². The minimum Gasteiger partial charge on any atom is -0.493 e. The fourth-order valence-electron chi connectivity index (χ4n) is 3.66. The van der Waals surface area contributed by atoms with E-state index in [2.05, 4.69) is 10.3 Å². The van der Waals surface area contributed by atoms with Gasteiger partial charge in [-0.1, -0.05) is 6.07 Å². The van der Waals surface area contributed by atoms with E-state index in [4.69, 9.17) is 14.2 Å². The number of anilines is 1. The van der Waals surface area contributed by atoms with Crippen molar-refractivity contribution in [3.8, 4) is 22.9 Å². The van der Waals surface area contributed by atoms with Gasteiger partial charge >= 0.3 is 0 Å². The van der Waals surface area contributed by atoms with Crippen LogP contribution in [-0.4, -0.2) is 36.8 Å². The van der Waals surface area contributed by atoms with E-state index in [1.807, 2.05) is 6.07 Å². The molecule has 1 aliphatic heterocycles. The SMILES string of the molecule is COc1ccc([C@@H]2CC(=O)Nc3c2ncn3-c2ccc(F)cc2)c(OC)c1OC. The number of rotatable bonds is 5. The highest BCUT2D eigenvalue weighted by Crippen LogP contribution is 2.47. The third-order valence-corrected chi connectivity index (χ3v) is 4.99. The molecule has 3 aromatic rings. The first-order chi connectivity index (χ1) is 14.1. The third kappa shape index (κ3) is 3.16. The minimum absolute atomic E-state index is 0.150. The standard InChI is InChI=1S/C21H20FN3O4/c1-27-16-9-8-14(19(28-2)20(16)29-3)15-10-17(26)24-21-18(15)23-11-25(21)13-6-4-12(22)5-7-13/h4-9,11,15H,10H2,1-3H3,(H,24,26)/t15-/m0/s1. The predicted octanol–water partition coefficient (Wildman–Crippen LogP) is 3.51. The van der Waals surface area contributed by atoms with Gasteiger partial charge in [0.15, 0.2) is 11.5 Å². The van der Waals surface area contributed by atoms with E-state index >= 15 is 0 Å². The molecule has 1 atom stereocenters. The summed E-state index contributed by atoms with van der Waals surface area (Å²) >= 11 is 0. The third-order valence-electron chi connectivity index (χ3n) is 4.99. The Balaban J connectivity index is 1.85. The molecule has 0 unspecified atom stereocenters. The fourth-order valence-corrected chi connectivity index (χ4v) is 3.66. The molecule has 0 saturated heterocycles. The molecule has 29 heavy (non-hydrogen) atoms. The lowest BCUT2D eigenvalue weighted by Crippen LogP contribution is -2.25. The summed E-state index contributed by atoms with van der Waals surface area (Å²) < 4.78 is 31.5. The zero-order valence-electron chi connectivity index (χ0n) is 16.2. The van der Waals surface area contributed by atoms with E-state index in [1.54, 1.807) is 43.3 Å². The van der Waals surface area contributed by atoms with Gasteiger partial charge in [0.1, 0.15) is 18.0 Å². The summed E-state index contributed by atoms with van der Waals surface area (Å²) in [5, 5.41) is 2.88. The first-order valence-corrected chi connectivity index (χ1v) is 8.99. The van der Waals surface area contributed by atoms with Gasteiger partial charge in [-0.3, -0.25) is 9.36 Å². The van der Waals surface area contributed by atoms with Crippen molar-refractivity contribution in [2.45, 2.75) is 12.3 Å². The molecular formula is C21H20FN3O4. The van der Waals surface area contributed by atoms with Gasteiger partial charge in [-0.2, -0.15) is 0 Å². The Morgan fingerprint density at radius 3 is 2.41 bits per heavy atom. The molecule has 0 fully saturated rings. The lowest BCUT2D eigenvalue weighted by atomic mass is 9.88. The number of benzene rings is 2. The average Bonchev–Trinajstić information content (AvgIpc) is 3.16. The smallest absolute Gasteiger partial charge is 0.226 e. The van der Waals surface area contributed by atoms with Crippen molar-refractivity contribution in [1.82, 2.24) is 9.55 Å². The summed E-state index contributed by atoms with van der Waals surface area (Å²) in [6.45, 7) is 0. The van der Waals surface area contributed by atoms with Crippen LogP contribution in [0, 0.1) is 5.82 Å². The van der Waals surface area contributed by atoms with Gasteiger partial charge in [0.25, 0.3) is 0 Å². The number of ether oxygens (including phenoxy) is 3. The monoisotopic (exact) mass is 397 g/mol. The van der Waals surface area contributed by atoms with Gasteiger partial charge in [0, 0.05) is 23.6 Å². The number of imidazole rings is 1. The number of hydrogen-bond donors (Lipinski definition) is 1. The molecule has 0 bridgehead atoms. The average molecular weight is 397 g/mol. The highest BCUT2D eigenvalue weighted by molar-refractivity contribution is 5.94. The van der Waals surface area contributed by atoms with Gasteiger partial charge in [-0.05, 0) is 30.3 Å². The molecule has 0 radical (unpaired) electrons. The second-order valence-electron chi connectivity index (χ2n) is 6.55. The van der Waals surface area contributed by atoms with Crippen LogP contribution < -0.4 is 19.5 Å². The number of fused-ring (bicyclic) bond motifs is 1.